The quantitative estimate of drug-likeness (QED) is 0.776. The Kier molecular flexibility index (Phi) is 2.14. The van der Waals surface area contributed by atoms with Crippen LogP contribution in [0.4, 0.5) is 5.69 Å². The molecule has 1 heterocycles. The van der Waals surface area contributed by atoms with Gasteiger partial charge in [-0.1, -0.05) is 6.92 Å². The minimum absolute atomic E-state index is 0.231. The minimum Gasteiger partial charge on any atom is -0.497 e. The Labute approximate surface area is 85.3 Å². The van der Waals surface area contributed by atoms with E-state index in [2.05, 4.69) is 31.3 Å². The van der Waals surface area contributed by atoms with Crippen LogP contribution in [0.25, 0.3) is 0 Å². The van der Waals surface area contributed by atoms with Gasteiger partial charge in [0.15, 0.2) is 0 Å². The lowest BCUT2D eigenvalue weighted by Crippen LogP contribution is -2.30. The summed E-state index contributed by atoms with van der Waals surface area (Å²) < 4.78 is 5.21. The van der Waals surface area contributed by atoms with Crippen LogP contribution in [0.15, 0.2) is 18.2 Å². The van der Waals surface area contributed by atoms with Crippen LogP contribution in [-0.4, -0.2) is 12.6 Å². The van der Waals surface area contributed by atoms with Crippen molar-refractivity contribution in [2.24, 2.45) is 0 Å². The number of benzene rings is 1. The topological polar surface area (TPSA) is 21.3 Å². The van der Waals surface area contributed by atoms with Crippen LogP contribution in [0.1, 0.15) is 25.8 Å². The third-order valence-electron chi connectivity index (χ3n) is 3.11. The largest absolute Gasteiger partial charge is 0.497 e. The molecule has 0 amide bonds. The van der Waals surface area contributed by atoms with Crippen molar-refractivity contribution in [3.05, 3.63) is 23.8 Å². The van der Waals surface area contributed by atoms with E-state index in [0.29, 0.717) is 0 Å². The van der Waals surface area contributed by atoms with Crippen molar-refractivity contribution in [3.63, 3.8) is 0 Å². The van der Waals surface area contributed by atoms with Crippen LogP contribution in [0.2, 0.25) is 0 Å². The monoisotopic (exact) mass is 191 g/mol. The molecule has 2 rings (SSSR count). The van der Waals surface area contributed by atoms with Crippen LogP contribution >= 0.6 is 0 Å². The Hall–Kier alpha value is -1.18. The normalized spacial score (nSPS) is 24.2. The van der Waals surface area contributed by atoms with Crippen LogP contribution < -0.4 is 10.1 Å². The van der Waals surface area contributed by atoms with E-state index in [4.69, 9.17) is 4.74 Å². The van der Waals surface area contributed by atoms with Gasteiger partial charge < -0.3 is 10.1 Å². The lowest BCUT2D eigenvalue weighted by Gasteiger charge is -2.22. The molecule has 0 saturated carbocycles. The maximum absolute atomic E-state index is 5.21. The number of anilines is 1. The van der Waals surface area contributed by atoms with E-state index >= 15 is 0 Å². The molecule has 1 aromatic rings. The summed E-state index contributed by atoms with van der Waals surface area (Å²) >= 11 is 0. The highest BCUT2D eigenvalue weighted by Gasteiger charge is 2.30. The maximum atomic E-state index is 5.21. The number of hydrogen-bond acceptors (Lipinski definition) is 2. The van der Waals surface area contributed by atoms with Crippen molar-refractivity contribution in [2.75, 3.05) is 12.4 Å². The Bertz CT molecular complexity index is 348. The first-order valence-electron chi connectivity index (χ1n) is 5.12. The summed E-state index contributed by atoms with van der Waals surface area (Å²) in [5, 5.41) is 3.56. The zero-order chi connectivity index (χ0) is 10.2. The molecule has 76 valence electrons. The molecule has 1 aliphatic rings. The summed E-state index contributed by atoms with van der Waals surface area (Å²) in [6.07, 6.45) is 2.24. The summed E-state index contributed by atoms with van der Waals surface area (Å²) in [7, 11) is 1.71. The Balaban J connectivity index is 2.31. The Morgan fingerprint density at radius 1 is 1.50 bits per heavy atom. The molecule has 1 atom stereocenters. The summed E-state index contributed by atoms with van der Waals surface area (Å²) in [5.74, 6) is 0.950. The van der Waals surface area contributed by atoms with E-state index < -0.39 is 0 Å². The second-order valence-corrected chi connectivity index (χ2v) is 4.24. The molecule has 0 aromatic heterocycles. The Morgan fingerprint density at radius 3 is 2.93 bits per heavy atom. The number of rotatable bonds is 2. The number of nitrogens with one attached hydrogen (secondary N) is 1. The average molecular weight is 191 g/mol. The van der Waals surface area contributed by atoms with E-state index in [1.807, 2.05) is 6.07 Å². The van der Waals surface area contributed by atoms with Gasteiger partial charge in [0.1, 0.15) is 5.75 Å². The molecular weight excluding hydrogens is 174 g/mol. The fraction of sp³-hybridized carbons (Fsp3) is 0.500. The third kappa shape index (κ3) is 1.45. The van der Waals surface area contributed by atoms with E-state index in [9.17, 15) is 0 Å². The predicted molar refractivity (Wildman–Crippen MR) is 59.0 cm³/mol. The molecule has 0 spiro atoms. The molecule has 0 bridgehead atoms. The van der Waals surface area contributed by atoms with Crippen LogP contribution in [-0.2, 0) is 6.42 Å². The molecule has 0 fully saturated rings. The second-order valence-electron chi connectivity index (χ2n) is 4.24. The van der Waals surface area contributed by atoms with Crippen molar-refractivity contribution in [1.82, 2.24) is 0 Å². The standard InChI is InChI=1S/C12H17NO/c1-4-12(2)8-9-7-10(14-3)5-6-11(9)13-12/h5-7,13H,4,8H2,1-3H3. The minimum atomic E-state index is 0.231. The number of methoxy groups -OCH3 is 1. The van der Waals surface area contributed by atoms with Gasteiger partial charge in [-0.15, -0.1) is 0 Å². The molecular formula is C12H17NO. The van der Waals surface area contributed by atoms with E-state index in [0.717, 1.165) is 18.6 Å². The van der Waals surface area contributed by atoms with Gasteiger partial charge in [-0.2, -0.15) is 0 Å². The van der Waals surface area contributed by atoms with E-state index in [1.54, 1.807) is 7.11 Å². The first kappa shape index (κ1) is 9.38. The molecule has 2 heteroatoms. The van der Waals surface area contributed by atoms with Crippen molar-refractivity contribution < 1.29 is 4.74 Å². The van der Waals surface area contributed by atoms with Crippen molar-refractivity contribution in [3.8, 4) is 5.75 Å². The molecule has 2 nitrogen and oxygen atoms in total. The lowest BCUT2D eigenvalue weighted by molar-refractivity contribution is 0.414. The second kappa shape index (κ2) is 3.19. The van der Waals surface area contributed by atoms with Gasteiger partial charge in [-0.05, 0) is 43.5 Å². The fourth-order valence-corrected chi connectivity index (χ4v) is 1.97. The third-order valence-corrected chi connectivity index (χ3v) is 3.11. The van der Waals surface area contributed by atoms with Gasteiger partial charge in [0.25, 0.3) is 0 Å². The van der Waals surface area contributed by atoms with E-state index in [1.165, 1.54) is 11.3 Å². The zero-order valence-corrected chi connectivity index (χ0v) is 9.05. The average Bonchev–Trinajstić information content (AvgIpc) is 2.54. The predicted octanol–water partition coefficient (Wildman–Crippen LogP) is 2.83. The highest BCUT2D eigenvalue weighted by molar-refractivity contribution is 5.60. The zero-order valence-electron chi connectivity index (χ0n) is 9.05. The van der Waals surface area contributed by atoms with Gasteiger partial charge in [0.2, 0.25) is 0 Å². The highest BCUT2D eigenvalue weighted by atomic mass is 16.5. The Morgan fingerprint density at radius 2 is 2.29 bits per heavy atom. The van der Waals surface area contributed by atoms with E-state index in [-0.39, 0.29) is 5.54 Å². The summed E-state index contributed by atoms with van der Waals surface area (Å²) in [4.78, 5) is 0. The molecule has 0 radical (unpaired) electrons. The molecule has 1 aromatic carbocycles. The van der Waals surface area contributed by atoms with Crippen LogP contribution in [0.3, 0.4) is 0 Å². The molecule has 1 aliphatic heterocycles. The smallest absolute Gasteiger partial charge is 0.119 e. The molecule has 14 heavy (non-hydrogen) atoms. The highest BCUT2D eigenvalue weighted by Crippen LogP contribution is 2.36. The molecule has 0 aliphatic carbocycles. The van der Waals surface area contributed by atoms with Gasteiger partial charge >= 0.3 is 0 Å². The van der Waals surface area contributed by atoms with Crippen molar-refractivity contribution in [2.45, 2.75) is 32.2 Å². The first-order valence-corrected chi connectivity index (χ1v) is 5.12. The van der Waals surface area contributed by atoms with Crippen molar-refractivity contribution in [1.29, 1.82) is 0 Å². The maximum Gasteiger partial charge on any atom is 0.119 e. The van der Waals surface area contributed by atoms with Crippen LogP contribution in [0.5, 0.6) is 5.75 Å². The SMILES string of the molecule is CCC1(C)Cc2cc(OC)ccc2N1. The fourth-order valence-electron chi connectivity index (χ4n) is 1.97. The summed E-state index contributed by atoms with van der Waals surface area (Å²) in [6.45, 7) is 4.48. The van der Waals surface area contributed by atoms with Gasteiger partial charge in [0, 0.05) is 11.2 Å². The molecule has 0 saturated heterocycles. The molecule has 1 N–H and O–H groups in total. The van der Waals surface area contributed by atoms with Crippen molar-refractivity contribution >= 4 is 5.69 Å². The van der Waals surface area contributed by atoms with Gasteiger partial charge in [-0.25, -0.2) is 0 Å². The summed E-state index contributed by atoms with van der Waals surface area (Å²) in [6, 6.07) is 6.24. The molecule has 1 unspecified atom stereocenters. The van der Waals surface area contributed by atoms with Crippen LogP contribution in [0, 0.1) is 0 Å². The summed E-state index contributed by atoms with van der Waals surface area (Å²) in [5.41, 5.74) is 2.86. The first-order chi connectivity index (χ1) is 6.67. The lowest BCUT2D eigenvalue weighted by atomic mass is 9.95. The van der Waals surface area contributed by atoms with Gasteiger partial charge in [0.05, 0.1) is 7.11 Å². The number of fused-ring (bicyclic) bond motifs is 1. The number of hydrogen-bond donors (Lipinski definition) is 1. The number of ether oxygens (including phenoxy) is 1. The van der Waals surface area contributed by atoms with Gasteiger partial charge in [-0.3, -0.25) is 0 Å².